The predicted molar refractivity (Wildman–Crippen MR) is 67.0 cm³/mol. The average Bonchev–Trinajstić information content (AvgIpc) is 2.98. The van der Waals surface area contributed by atoms with Gasteiger partial charge < -0.3 is 29.4 Å². The first-order chi connectivity index (χ1) is 10.1. The summed E-state index contributed by atoms with van der Waals surface area (Å²) in [5.74, 6) is -0.580. The highest BCUT2D eigenvalue weighted by atomic mass is 19.1. The van der Waals surface area contributed by atoms with E-state index in [2.05, 4.69) is 9.97 Å². The number of aromatic nitrogens is 3. The van der Waals surface area contributed by atoms with E-state index in [9.17, 15) is 14.6 Å². The number of nitrogens with zero attached hydrogens (tertiary/aromatic N) is 3. The normalized spacial score (nSPS) is 29.2. The summed E-state index contributed by atoms with van der Waals surface area (Å²) in [5.41, 5.74) is 0.161. The zero-order valence-corrected chi connectivity index (χ0v) is 11.0. The molecule has 0 aliphatic carbocycles. The van der Waals surface area contributed by atoms with Crippen molar-refractivity contribution in [2.24, 2.45) is 0 Å². The number of hydrogen-bond donors (Lipinski definition) is 3. The van der Waals surface area contributed by atoms with Crippen LogP contribution in [0.3, 0.4) is 0 Å². The molecule has 0 aromatic carbocycles. The molecule has 1 aliphatic heterocycles. The third-order valence-corrected chi connectivity index (χ3v) is 3.51. The number of aliphatic hydroxyl groups is 3. The molecule has 21 heavy (non-hydrogen) atoms. The van der Waals surface area contributed by atoms with E-state index in [1.54, 1.807) is 0 Å². The van der Waals surface area contributed by atoms with Crippen LogP contribution < -0.4 is 4.74 Å². The molecule has 1 saturated heterocycles. The van der Waals surface area contributed by atoms with Crippen molar-refractivity contribution in [2.75, 3.05) is 13.7 Å². The second-order valence-electron chi connectivity index (χ2n) is 4.69. The molecule has 3 rings (SSSR count). The summed E-state index contributed by atoms with van der Waals surface area (Å²) in [6, 6.07) is 0. The zero-order valence-electron chi connectivity index (χ0n) is 11.0. The Bertz CT molecular complexity index is 664. The monoisotopic (exact) mass is 299 g/mol. The summed E-state index contributed by atoms with van der Waals surface area (Å²) >= 11 is 0. The van der Waals surface area contributed by atoms with E-state index in [1.165, 1.54) is 18.0 Å². The van der Waals surface area contributed by atoms with Crippen LogP contribution in [0.5, 0.6) is 5.88 Å². The Morgan fingerprint density at radius 3 is 2.76 bits per heavy atom. The molecule has 114 valence electrons. The van der Waals surface area contributed by atoms with Crippen LogP contribution in [0, 0.1) is 5.82 Å². The van der Waals surface area contributed by atoms with Gasteiger partial charge in [-0.25, -0.2) is 14.4 Å². The number of ether oxygens (including phenoxy) is 2. The molecule has 3 N–H and O–H groups in total. The predicted octanol–water partition coefficient (Wildman–Crippen LogP) is -0.810. The maximum absolute atomic E-state index is 14.1. The zero-order chi connectivity index (χ0) is 15.1. The van der Waals surface area contributed by atoms with E-state index in [4.69, 9.17) is 14.6 Å². The van der Waals surface area contributed by atoms with E-state index in [1.807, 2.05) is 0 Å². The number of aliphatic hydroxyl groups excluding tert-OH is 3. The lowest BCUT2D eigenvalue weighted by Crippen LogP contribution is -2.33. The minimum absolute atomic E-state index is 0.0535. The third-order valence-electron chi connectivity index (χ3n) is 3.51. The number of fused-ring (bicyclic) bond motifs is 1. The van der Waals surface area contributed by atoms with E-state index < -0.39 is 37.0 Å². The highest BCUT2D eigenvalue weighted by Gasteiger charge is 2.44. The van der Waals surface area contributed by atoms with Gasteiger partial charge in [0.05, 0.1) is 13.7 Å². The molecule has 4 atom stereocenters. The van der Waals surface area contributed by atoms with Crippen LogP contribution in [0.25, 0.3) is 11.0 Å². The SMILES string of the molecule is COc1ncnc2c1c(F)cn2C1OC(CO)C(O)C1O. The third kappa shape index (κ3) is 2.05. The lowest BCUT2D eigenvalue weighted by atomic mass is 10.1. The van der Waals surface area contributed by atoms with Gasteiger partial charge in [0.15, 0.2) is 17.7 Å². The van der Waals surface area contributed by atoms with Gasteiger partial charge in [-0.2, -0.15) is 0 Å². The van der Waals surface area contributed by atoms with Crippen LogP contribution in [0.2, 0.25) is 0 Å². The first-order valence-corrected chi connectivity index (χ1v) is 6.26. The van der Waals surface area contributed by atoms with Crippen molar-refractivity contribution in [1.29, 1.82) is 0 Å². The molecule has 0 radical (unpaired) electrons. The van der Waals surface area contributed by atoms with Crippen molar-refractivity contribution >= 4 is 11.0 Å². The van der Waals surface area contributed by atoms with Crippen LogP contribution in [0.1, 0.15) is 6.23 Å². The molecule has 4 unspecified atom stereocenters. The number of hydrogen-bond acceptors (Lipinski definition) is 7. The number of methoxy groups -OCH3 is 1. The Morgan fingerprint density at radius 2 is 2.14 bits per heavy atom. The molecule has 8 nitrogen and oxygen atoms in total. The summed E-state index contributed by atoms with van der Waals surface area (Å²) in [7, 11) is 1.35. The molecule has 0 saturated carbocycles. The van der Waals surface area contributed by atoms with Gasteiger partial charge in [0.25, 0.3) is 0 Å². The van der Waals surface area contributed by atoms with E-state index in [0.29, 0.717) is 0 Å². The highest BCUT2D eigenvalue weighted by Crippen LogP contribution is 2.34. The molecule has 3 heterocycles. The average molecular weight is 299 g/mol. The van der Waals surface area contributed by atoms with Crippen molar-refractivity contribution in [3.05, 3.63) is 18.3 Å². The fourth-order valence-corrected chi connectivity index (χ4v) is 2.47. The van der Waals surface area contributed by atoms with Crippen molar-refractivity contribution in [2.45, 2.75) is 24.5 Å². The molecule has 2 aromatic rings. The Balaban J connectivity index is 2.10. The van der Waals surface area contributed by atoms with Gasteiger partial charge in [-0.05, 0) is 0 Å². The van der Waals surface area contributed by atoms with Crippen LogP contribution in [-0.2, 0) is 4.74 Å². The van der Waals surface area contributed by atoms with Gasteiger partial charge in [0.2, 0.25) is 5.88 Å². The lowest BCUT2D eigenvalue weighted by molar-refractivity contribution is -0.0510. The molecule has 0 bridgehead atoms. The molecule has 1 aliphatic rings. The fraction of sp³-hybridized carbons (Fsp3) is 0.500. The van der Waals surface area contributed by atoms with E-state index >= 15 is 0 Å². The smallest absolute Gasteiger partial charge is 0.228 e. The summed E-state index contributed by atoms with van der Waals surface area (Å²) in [4.78, 5) is 7.77. The Labute approximate surface area is 118 Å². The standard InChI is InChI=1S/C12H14FN3O5/c1-20-11-7-5(13)2-16(10(7)14-4-15-11)12-9(19)8(18)6(3-17)21-12/h2,4,6,8-9,12,17-19H,3H2,1H3. The van der Waals surface area contributed by atoms with Gasteiger partial charge in [0, 0.05) is 6.20 Å². The van der Waals surface area contributed by atoms with Crippen molar-refractivity contribution in [1.82, 2.24) is 14.5 Å². The maximum atomic E-state index is 14.1. The lowest BCUT2D eigenvalue weighted by Gasteiger charge is -2.17. The van der Waals surface area contributed by atoms with E-state index in [0.717, 1.165) is 6.20 Å². The van der Waals surface area contributed by atoms with Crippen molar-refractivity contribution < 1.29 is 29.2 Å². The van der Waals surface area contributed by atoms with Crippen LogP contribution >= 0.6 is 0 Å². The van der Waals surface area contributed by atoms with Gasteiger partial charge in [-0.1, -0.05) is 0 Å². The molecule has 9 heteroatoms. The number of halogens is 1. The van der Waals surface area contributed by atoms with Crippen molar-refractivity contribution in [3.8, 4) is 5.88 Å². The fourth-order valence-electron chi connectivity index (χ4n) is 2.47. The molecular formula is C12H14FN3O5. The topological polar surface area (TPSA) is 110 Å². The van der Waals surface area contributed by atoms with Gasteiger partial charge in [0.1, 0.15) is 30.0 Å². The quantitative estimate of drug-likeness (QED) is 0.680. The molecule has 2 aromatic heterocycles. The largest absolute Gasteiger partial charge is 0.480 e. The van der Waals surface area contributed by atoms with Crippen LogP contribution in [-0.4, -0.2) is 61.9 Å². The summed E-state index contributed by atoms with van der Waals surface area (Å²) in [6.07, 6.45) is -2.33. The first kappa shape index (κ1) is 14.1. The van der Waals surface area contributed by atoms with Crippen LogP contribution in [0.15, 0.2) is 12.5 Å². The highest BCUT2D eigenvalue weighted by molar-refractivity contribution is 5.82. The Hall–Kier alpha value is -1.81. The second kappa shape index (κ2) is 5.19. The van der Waals surface area contributed by atoms with Gasteiger partial charge >= 0.3 is 0 Å². The summed E-state index contributed by atoms with van der Waals surface area (Å²) in [5, 5.41) is 28.9. The second-order valence-corrected chi connectivity index (χ2v) is 4.69. The molecule has 0 spiro atoms. The first-order valence-electron chi connectivity index (χ1n) is 6.26. The summed E-state index contributed by atoms with van der Waals surface area (Å²) < 4.78 is 25.7. The van der Waals surface area contributed by atoms with Gasteiger partial charge in [-0.3, -0.25) is 0 Å². The molecule has 0 amide bonds. The molecule has 1 fully saturated rings. The Morgan fingerprint density at radius 1 is 1.38 bits per heavy atom. The number of rotatable bonds is 3. The van der Waals surface area contributed by atoms with E-state index in [-0.39, 0.29) is 16.9 Å². The van der Waals surface area contributed by atoms with Gasteiger partial charge in [-0.15, -0.1) is 0 Å². The maximum Gasteiger partial charge on any atom is 0.228 e. The van der Waals surface area contributed by atoms with Crippen LogP contribution in [0.4, 0.5) is 4.39 Å². The molecular weight excluding hydrogens is 285 g/mol. The Kier molecular flexibility index (Phi) is 3.49. The summed E-state index contributed by atoms with van der Waals surface area (Å²) in [6.45, 7) is -0.464. The van der Waals surface area contributed by atoms with Crippen molar-refractivity contribution in [3.63, 3.8) is 0 Å². The minimum Gasteiger partial charge on any atom is -0.480 e. The minimum atomic E-state index is -1.32.